The minimum atomic E-state index is -0.692. The zero-order chi connectivity index (χ0) is 18.7. The van der Waals surface area contributed by atoms with Crippen molar-refractivity contribution in [1.29, 1.82) is 0 Å². The maximum absolute atomic E-state index is 12.5. The Bertz CT molecular complexity index is 950. The molecule has 9 nitrogen and oxygen atoms in total. The largest absolute Gasteiger partial charge is 0.320 e. The number of hydrogen-bond acceptors (Lipinski definition) is 5. The number of anilines is 1. The Kier molecular flexibility index (Phi) is 4.99. The molecule has 1 amide bonds. The quantitative estimate of drug-likeness (QED) is 0.527. The second-order valence-electron chi connectivity index (χ2n) is 5.41. The molecule has 0 saturated carbocycles. The van der Waals surface area contributed by atoms with Gasteiger partial charge in [0.2, 0.25) is 5.69 Å². The lowest BCUT2D eigenvalue weighted by molar-refractivity contribution is -0.385. The number of hydrogen-bond donors (Lipinski definition) is 1. The molecule has 0 spiro atoms. The fraction of sp³-hybridized carbons (Fsp3) is 0.188. The van der Waals surface area contributed by atoms with Crippen LogP contribution in [0.1, 0.15) is 23.0 Å². The smallest absolute Gasteiger partial charge is 0.302 e. The zero-order valence-corrected chi connectivity index (χ0v) is 14.6. The molecule has 0 fully saturated rings. The summed E-state index contributed by atoms with van der Waals surface area (Å²) < 4.78 is 2.83. The van der Waals surface area contributed by atoms with Gasteiger partial charge in [-0.05, 0) is 12.5 Å². The van der Waals surface area contributed by atoms with Gasteiger partial charge in [-0.1, -0.05) is 41.9 Å². The molecule has 134 valence electrons. The summed E-state index contributed by atoms with van der Waals surface area (Å²) in [4.78, 5) is 23.0. The van der Waals surface area contributed by atoms with Crippen LogP contribution in [0.3, 0.4) is 0 Å². The molecule has 1 aromatic carbocycles. The van der Waals surface area contributed by atoms with Gasteiger partial charge in [0.15, 0.2) is 5.82 Å². The number of rotatable bonds is 6. The summed E-state index contributed by atoms with van der Waals surface area (Å²) in [5, 5.41) is 22.0. The van der Waals surface area contributed by atoms with Gasteiger partial charge >= 0.3 is 5.69 Å². The Labute approximate surface area is 153 Å². The van der Waals surface area contributed by atoms with Crippen LogP contribution in [0.25, 0.3) is 0 Å². The van der Waals surface area contributed by atoms with E-state index in [-0.39, 0.29) is 22.2 Å². The zero-order valence-electron chi connectivity index (χ0n) is 13.8. The van der Waals surface area contributed by atoms with Gasteiger partial charge in [-0.3, -0.25) is 24.3 Å². The van der Waals surface area contributed by atoms with E-state index in [2.05, 4.69) is 15.5 Å². The van der Waals surface area contributed by atoms with E-state index in [4.69, 9.17) is 11.6 Å². The first-order valence-corrected chi connectivity index (χ1v) is 8.15. The fourth-order valence-corrected chi connectivity index (χ4v) is 2.68. The van der Waals surface area contributed by atoms with Gasteiger partial charge in [0.05, 0.1) is 11.5 Å². The molecule has 10 heteroatoms. The summed E-state index contributed by atoms with van der Waals surface area (Å²) >= 11 is 6.14. The number of aryl methyl sites for hydroxylation is 1. The van der Waals surface area contributed by atoms with Crippen LogP contribution in [-0.2, 0) is 13.1 Å². The Morgan fingerprint density at radius 1 is 1.35 bits per heavy atom. The average Bonchev–Trinajstić information content (AvgIpc) is 3.19. The summed E-state index contributed by atoms with van der Waals surface area (Å²) in [6.45, 7) is 2.52. The Hall–Kier alpha value is -3.20. The van der Waals surface area contributed by atoms with Crippen molar-refractivity contribution in [2.45, 2.75) is 20.0 Å². The topological polar surface area (TPSA) is 108 Å². The second-order valence-corrected chi connectivity index (χ2v) is 5.82. The normalized spacial score (nSPS) is 10.7. The standard InChI is InChI=1S/C16H15ClN6O3/c1-2-22-14(13(8-18-22)23(25)26)16(24)19-15-12(17)10-21(20-15)9-11-6-4-3-5-7-11/h3-8,10H,2,9H2,1H3,(H,19,20,24). The minimum absolute atomic E-state index is 0.130. The van der Waals surface area contributed by atoms with Gasteiger partial charge in [-0.2, -0.15) is 10.2 Å². The van der Waals surface area contributed by atoms with Gasteiger partial charge in [0.1, 0.15) is 11.2 Å². The number of carbonyl (C=O) groups excluding carboxylic acids is 1. The molecular weight excluding hydrogens is 360 g/mol. The number of halogens is 1. The van der Waals surface area contributed by atoms with Gasteiger partial charge in [0, 0.05) is 12.7 Å². The summed E-state index contributed by atoms with van der Waals surface area (Å²) in [6.07, 6.45) is 2.63. The van der Waals surface area contributed by atoms with Gasteiger partial charge in [-0.25, -0.2) is 0 Å². The van der Waals surface area contributed by atoms with Crippen molar-refractivity contribution in [3.8, 4) is 0 Å². The van der Waals surface area contributed by atoms with E-state index < -0.39 is 10.8 Å². The van der Waals surface area contributed by atoms with E-state index in [1.165, 1.54) is 4.68 Å². The van der Waals surface area contributed by atoms with Crippen molar-refractivity contribution in [3.05, 3.63) is 69.1 Å². The molecule has 3 aromatic rings. The lowest BCUT2D eigenvalue weighted by Crippen LogP contribution is -2.19. The summed E-state index contributed by atoms with van der Waals surface area (Å²) in [5.74, 6) is -0.561. The number of carbonyl (C=O) groups is 1. The number of benzene rings is 1. The third-order valence-electron chi connectivity index (χ3n) is 3.67. The highest BCUT2D eigenvalue weighted by Crippen LogP contribution is 2.23. The molecule has 1 N–H and O–H groups in total. The molecule has 0 aliphatic rings. The highest BCUT2D eigenvalue weighted by molar-refractivity contribution is 6.33. The van der Waals surface area contributed by atoms with Crippen LogP contribution < -0.4 is 5.32 Å². The lowest BCUT2D eigenvalue weighted by Gasteiger charge is -2.05. The van der Waals surface area contributed by atoms with Crippen molar-refractivity contribution in [1.82, 2.24) is 19.6 Å². The molecule has 3 rings (SSSR count). The van der Waals surface area contributed by atoms with Crippen LogP contribution in [0.2, 0.25) is 5.02 Å². The van der Waals surface area contributed by atoms with Crippen molar-refractivity contribution < 1.29 is 9.72 Å². The Balaban J connectivity index is 1.82. The highest BCUT2D eigenvalue weighted by Gasteiger charge is 2.27. The predicted molar refractivity (Wildman–Crippen MR) is 95.3 cm³/mol. The van der Waals surface area contributed by atoms with Crippen LogP contribution in [0, 0.1) is 10.1 Å². The Morgan fingerprint density at radius 3 is 2.73 bits per heavy atom. The van der Waals surface area contributed by atoms with Crippen molar-refractivity contribution in [2.24, 2.45) is 0 Å². The summed E-state index contributed by atoms with van der Waals surface area (Å²) in [6, 6.07) is 9.62. The maximum atomic E-state index is 12.5. The van der Waals surface area contributed by atoms with Gasteiger partial charge in [0.25, 0.3) is 5.91 Å². The molecule has 0 radical (unpaired) electrons. The van der Waals surface area contributed by atoms with Gasteiger partial charge in [-0.15, -0.1) is 0 Å². The number of aromatic nitrogens is 4. The first-order valence-electron chi connectivity index (χ1n) is 7.78. The molecule has 26 heavy (non-hydrogen) atoms. The van der Waals surface area contributed by atoms with E-state index >= 15 is 0 Å². The number of nitrogens with zero attached hydrogens (tertiary/aromatic N) is 5. The fourth-order valence-electron chi connectivity index (χ4n) is 2.48. The SMILES string of the molecule is CCn1ncc([N+](=O)[O-])c1C(=O)Nc1nn(Cc2ccccc2)cc1Cl. The monoisotopic (exact) mass is 374 g/mol. The van der Waals surface area contributed by atoms with E-state index in [9.17, 15) is 14.9 Å². The average molecular weight is 375 g/mol. The van der Waals surface area contributed by atoms with E-state index in [1.54, 1.807) is 17.8 Å². The maximum Gasteiger partial charge on any atom is 0.320 e. The van der Waals surface area contributed by atoms with Gasteiger partial charge < -0.3 is 5.32 Å². The number of nitro groups is 1. The molecule has 2 aromatic heterocycles. The van der Waals surface area contributed by atoms with Crippen LogP contribution in [0.4, 0.5) is 11.5 Å². The second kappa shape index (κ2) is 7.36. The molecule has 0 aliphatic carbocycles. The van der Waals surface area contributed by atoms with Crippen molar-refractivity contribution >= 4 is 29.0 Å². The number of amides is 1. The molecule has 0 saturated heterocycles. The molecule has 0 bridgehead atoms. The van der Waals surface area contributed by atoms with Crippen LogP contribution in [0.15, 0.2) is 42.7 Å². The third kappa shape index (κ3) is 3.57. The first kappa shape index (κ1) is 17.6. The summed E-state index contributed by atoms with van der Waals surface area (Å²) in [7, 11) is 0. The van der Waals surface area contributed by atoms with Crippen molar-refractivity contribution in [3.63, 3.8) is 0 Å². The predicted octanol–water partition coefficient (Wildman–Crippen LogP) is 2.96. The molecule has 0 aliphatic heterocycles. The van der Waals surface area contributed by atoms with Crippen molar-refractivity contribution in [2.75, 3.05) is 5.32 Å². The molecule has 0 unspecified atom stereocenters. The van der Waals surface area contributed by atoms with Crippen LogP contribution in [-0.4, -0.2) is 30.4 Å². The van der Waals surface area contributed by atoms with E-state index in [0.29, 0.717) is 13.1 Å². The third-order valence-corrected chi connectivity index (χ3v) is 3.94. The Morgan fingerprint density at radius 2 is 2.08 bits per heavy atom. The minimum Gasteiger partial charge on any atom is -0.302 e. The first-order chi connectivity index (χ1) is 12.5. The van der Waals surface area contributed by atoms with Crippen LogP contribution in [0.5, 0.6) is 0 Å². The number of nitrogens with one attached hydrogen (secondary N) is 1. The van der Waals surface area contributed by atoms with Crippen LogP contribution >= 0.6 is 11.6 Å². The van der Waals surface area contributed by atoms with E-state index in [1.807, 2.05) is 30.3 Å². The lowest BCUT2D eigenvalue weighted by atomic mass is 10.2. The highest BCUT2D eigenvalue weighted by atomic mass is 35.5. The molecule has 0 atom stereocenters. The molecule has 2 heterocycles. The van der Waals surface area contributed by atoms with E-state index in [0.717, 1.165) is 11.8 Å². The summed E-state index contributed by atoms with van der Waals surface area (Å²) in [5.41, 5.74) is 0.500. The molecular formula is C16H15ClN6O3.